The summed E-state index contributed by atoms with van der Waals surface area (Å²) < 4.78 is 0. The molecule has 2 aliphatic heterocycles. The summed E-state index contributed by atoms with van der Waals surface area (Å²) in [4.78, 5) is 29.1. The van der Waals surface area contributed by atoms with Crippen LogP contribution in [0.3, 0.4) is 0 Å². The third-order valence-electron chi connectivity index (χ3n) is 5.17. The van der Waals surface area contributed by atoms with Gasteiger partial charge in [0, 0.05) is 62.6 Å². The maximum absolute atomic E-state index is 13.0. The molecule has 1 aromatic rings. The van der Waals surface area contributed by atoms with Gasteiger partial charge in [-0.25, -0.2) is 0 Å². The van der Waals surface area contributed by atoms with Crippen molar-refractivity contribution >= 4 is 29.0 Å². The molecule has 0 unspecified atom stereocenters. The molecule has 2 saturated heterocycles. The summed E-state index contributed by atoms with van der Waals surface area (Å²) in [6, 6.07) is 3.29. The Balaban J connectivity index is 1.98. The van der Waals surface area contributed by atoms with Crippen LogP contribution in [0, 0.1) is 10.1 Å². The van der Waals surface area contributed by atoms with E-state index in [-0.39, 0.29) is 23.8 Å². The molecule has 0 saturated carbocycles. The summed E-state index contributed by atoms with van der Waals surface area (Å²) in [5, 5.41) is 24.1. The second kappa shape index (κ2) is 10.1. The van der Waals surface area contributed by atoms with Crippen molar-refractivity contribution in [3.63, 3.8) is 0 Å². The van der Waals surface area contributed by atoms with Crippen LogP contribution < -0.4 is 10.2 Å². The molecular weight excluding hydrogens is 380 g/mol. The van der Waals surface area contributed by atoms with E-state index in [0.717, 1.165) is 36.5 Å². The van der Waals surface area contributed by atoms with Crippen molar-refractivity contribution < 1.29 is 14.8 Å². The van der Waals surface area contributed by atoms with Crippen molar-refractivity contribution in [2.45, 2.75) is 30.6 Å². The van der Waals surface area contributed by atoms with Crippen molar-refractivity contribution in [2.24, 2.45) is 0 Å². The number of aliphatic hydroxyl groups is 1. The number of nitrogens with zero attached hydrogens (tertiary/aromatic N) is 3. The first-order valence-electron chi connectivity index (χ1n) is 9.93. The van der Waals surface area contributed by atoms with Gasteiger partial charge in [-0.05, 0) is 31.7 Å². The lowest BCUT2D eigenvalue weighted by Gasteiger charge is -2.31. The number of anilines is 1. The van der Waals surface area contributed by atoms with E-state index in [1.165, 1.54) is 6.42 Å². The molecule has 2 N–H and O–H groups in total. The van der Waals surface area contributed by atoms with Crippen molar-refractivity contribution in [2.75, 3.05) is 56.5 Å². The molecule has 0 atom stereocenters. The van der Waals surface area contributed by atoms with E-state index in [0.29, 0.717) is 38.4 Å². The largest absolute Gasteiger partial charge is 0.396 e. The molecule has 1 amide bonds. The van der Waals surface area contributed by atoms with E-state index in [1.807, 2.05) is 0 Å². The monoisotopic (exact) mass is 408 g/mol. The summed E-state index contributed by atoms with van der Waals surface area (Å²) in [5.41, 5.74) is 0.890. The number of nitro benzene ring substituents is 1. The number of hydrogen-bond donors (Lipinski definition) is 2. The van der Waals surface area contributed by atoms with E-state index in [1.54, 1.807) is 28.8 Å². The number of carbonyl (C=O) groups excluding carboxylic acids is 1. The molecule has 9 heteroatoms. The fourth-order valence-electron chi connectivity index (χ4n) is 3.66. The number of rotatable bonds is 7. The Morgan fingerprint density at radius 3 is 2.54 bits per heavy atom. The number of nitro groups is 1. The normalized spacial score (nSPS) is 17.6. The smallest absolute Gasteiger partial charge is 0.284 e. The molecule has 0 bridgehead atoms. The van der Waals surface area contributed by atoms with Crippen molar-refractivity contribution in [1.29, 1.82) is 0 Å². The van der Waals surface area contributed by atoms with Gasteiger partial charge in [0.15, 0.2) is 0 Å². The Bertz CT molecular complexity index is 703. The number of amides is 1. The predicted octanol–water partition coefficient (Wildman–Crippen LogP) is 2.10. The zero-order valence-electron chi connectivity index (χ0n) is 16.1. The molecule has 0 aromatic heterocycles. The minimum atomic E-state index is -0.439. The van der Waals surface area contributed by atoms with Crippen LogP contribution in [0.15, 0.2) is 17.0 Å². The van der Waals surface area contributed by atoms with Crippen molar-refractivity contribution in [3.8, 4) is 0 Å². The standard InChI is InChI=1S/C19H28N4O4S/c24-11-4-12-28-18-13-15(19(25)22-9-5-20-6-10-22)16(23(26)27)14-17(18)21-7-2-1-3-8-21/h13-14,20,24H,1-12H2. The summed E-state index contributed by atoms with van der Waals surface area (Å²) in [5.74, 6) is 0.429. The molecular formula is C19H28N4O4S. The van der Waals surface area contributed by atoms with Gasteiger partial charge in [-0.3, -0.25) is 14.9 Å². The van der Waals surface area contributed by atoms with Crippen molar-refractivity contribution in [3.05, 3.63) is 27.8 Å². The van der Waals surface area contributed by atoms with Gasteiger partial charge in [0.1, 0.15) is 5.56 Å². The zero-order chi connectivity index (χ0) is 19.9. The van der Waals surface area contributed by atoms with E-state index in [4.69, 9.17) is 5.11 Å². The highest BCUT2D eigenvalue weighted by molar-refractivity contribution is 7.99. The molecule has 1 aromatic carbocycles. The quantitative estimate of drug-likeness (QED) is 0.308. The number of benzene rings is 1. The summed E-state index contributed by atoms with van der Waals surface area (Å²) in [6.07, 6.45) is 3.94. The molecule has 0 radical (unpaired) electrons. The Kier molecular flexibility index (Phi) is 7.52. The molecule has 28 heavy (non-hydrogen) atoms. The van der Waals surface area contributed by atoms with Gasteiger partial charge in [0.05, 0.1) is 10.6 Å². The Morgan fingerprint density at radius 2 is 1.89 bits per heavy atom. The topological polar surface area (TPSA) is 98.9 Å². The maximum Gasteiger partial charge on any atom is 0.284 e. The first-order chi connectivity index (χ1) is 13.6. The van der Waals surface area contributed by atoms with E-state index < -0.39 is 4.92 Å². The lowest BCUT2D eigenvalue weighted by Crippen LogP contribution is -2.46. The van der Waals surface area contributed by atoms with Gasteiger partial charge in [0.2, 0.25) is 0 Å². The lowest BCUT2D eigenvalue weighted by molar-refractivity contribution is -0.385. The summed E-state index contributed by atoms with van der Waals surface area (Å²) in [6.45, 7) is 4.35. The van der Waals surface area contributed by atoms with Gasteiger partial charge in [0.25, 0.3) is 11.6 Å². The van der Waals surface area contributed by atoms with Crippen LogP contribution in [0.5, 0.6) is 0 Å². The first kappa shape index (κ1) is 20.9. The van der Waals surface area contributed by atoms with Gasteiger partial charge in [-0.2, -0.15) is 0 Å². The maximum atomic E-state index is 13.0. The molecule has 0 spiro atoms. The molecule has 8 nitrogen and oxygen atoms in total. The fourth-order valence-corrected chi connectivity index (χ4v) is 4.69. The number of piperidine rings is 1. The average molecular weight is 409 g/mol. The van der Waals surface area contributed by atoms with Crippen LogP contribution in [0.1, 0.15) is 36.0 Å². The number of piperazine rings is 1. The highest BCUT2D eigenvalue weighted by atomic mass is 32.2. The van der Waals surface area contributed by atoms with E-state index in [9.17, 15) is 14.9 Å². The number of carbonyl (C=O) groups is 1. The highest BCUT2D eigenvalue weighted by Crippen LogP contribution is 2.38. The summed E-state index contributed by atoms with van der Waals surface area (Å²) >= 11 is 1.56. The minimum Gasteiger partial charge on any atom is -0.396 e. The summed E-state index contributed by atoms with van der Waals surface area (Å²) in [7, 11) is 0. The Hall–Kier alpha value is -1.84. The zero-order valence-corrected chi connectivity index (χ0v) is 16.9. The number of nitrogens with one attached hydrogen (secondary N) is 1. The number of aliphatic hydroxyl groups excluding tert-OH is 1. The van der Waals surface area contributed by atoms with Crippen molar-refractivity contribution in [1.82, 2.24) is 10.2 Å². The van der Waals surface area contributed by atoms with Gasteiger partial charge >= 0.3 is 0 Å². The SMILES string of the molecule is O=C(c1cc(SCCCO)c(N2CCCCC2)cc1[N+](=O)[O-])N1CCNCC1. The molecule has 2 heterocycles. The first-order valence-corrected chi connectivity index (χ1v) is 10.9. The number of hydrogen-bond acceptors (Lipinski definition) is 7. The van der Waals surface area contributed by atoms with Crippen LogP contribution in [0.2, 0.25) is 0 Å². The molecule has 154 valence electrons. The third kappa shape index (κ3) is 4.95. The fraction of sp³-hybridized carbons (Fsp3) is 0.632. The van der Waals surface area contributed by atoms with Crippen LogP contribution in [-0.2, 0) is 0 Å². The average Bonchev–Trinajstić information content (AvgIpc) is 2.74. The molecule has 3 rings (SSSR count). The highest BCUT2D eigenvalue weighted by Gasteiger charge is 2.29. The minimum absolute atomic E-state index is 0.103. The molecule has 2 fully saturated rings. The number of thioether (sulfide) groups is 1. The van der Waals surface area contributed by atoms with Crippen LogP contribution >= 0.6 is 11.8 Å². The van der Waals surface area contributed by atoms with E-state index >= 15 is 0 Å². The Labute approximate surface area is 169 Å². The molecule has 2 aliphatic rings. The van der Waals surface area contributed by atoms with Crippen LogP contribution in [-0.4, -0.2) is 72.5 Å². The Morgan fingerprint density at radius 1 is 1.18 bits per heavy atom. The van der Waals surface area contributed by atoms with Crippen LogP contribution in [0.4, 0.5) is 11.4 Å². The second-order valence-electron chi connectivity index (χ2n) is 7.11. The third-order valence-corrected chi connectivity index (χ3v) is 6.30. The van der Waals surface area contributed by atoms with E-state index in [2.05, 4.69) is 10.2 Å². The van der Waals surface area contributed by atoms with Gasteiger partial charge in [-0.1, -0.05) is 0 Å². The lowest BCUT2D eigenvalue weighted by atomic mass is 10.1. The van der Waals surface area contributed by atoms with Crippen LogP contribution in [0.25, 0.3) is 0 Å². The second-order valence-corrected chi connectivity index (χ2v) is 8.25. The van der Waals surface area contributed by atoms with Gasteiger partial charge in [-0.15, -0.1) is 11.8 Å². The predicted molar refractivity (Wildman–Crippen MR) is 110 cm³/mol. The molecule has 0 aliphatic carbocycles. The van der Waals surface area contributed by atoms with Gasteiger partial charge < -0.3 is 20.2 Å².